The molecule has 1 aromatic rings. The smallest absolute Gasteiger partial charge is 0.0250 e. The van der Waals surface area contributed by atoms with E-state index in [1.54, 1.807) is 11.1 Å². The molecule has 0 aliphatic carbocycles. The topological polar surface area (TPSA) is 0 Å². The van der Waals surface area contributed by atoms with Crippen molar-refractivity contribution in [3.05, 3.63) is 34.9 Å². The van der Waals surface area contributed by atoms with E-state index in [0.717, 1.165) is 11.8 Å². The van der Waals surface area contributed by atoms with Crippen LogP contribution in [-0.4, -0.2) is 0 Å². The van der Waals surface area contributed by atoms with Gasteiger partial charge in [-0.25, -0.2) is 0 Å². The van der Waals surface area contributed by atoms with E-state index in [9.17, 15) is 0 Å². The molecule has 0 fully saturated rings. The summed E-state index contributed by atoms with van der Waals surface area (Å²) in [6, 6.07) is 7.35. The number of aryl methyl sites for hydroxylation is 1. The third kappa shape index (κ3) is 8.04. The van der Waals surface area contributed by atoms with Crippen molar-refractivity contribution in [2.75, 3.05) is 0 Å². The lowest BCUT2D eigenvalue weighted by atomic mass is 9.87. The molecule has 132 valence electrons. The van der Waals surface area contributed by atoms with E-state index in [1.165, 1.54) is 69.8 Å². The Bertz CT molecular complexity index is 382. The molecule has 0 N–H and O–H groups in total. The summed E-state index contributed by atoms with van der Waals surface area (Å²) in [6.07, 6.45) is 13.4. The largest absolute Gasteiger partial charge is 0.0654 e. The lowest BCUT2D eigenvalue weighted by Crippen LogP contribution is -2.07. The number of hydrogen-bond donors (Lipinski definition) is 0. The fourth-order valence-corrected chi connectivity index (χ4v) is 3.74. The van der Waals surface area contributed by atoms with Crippen LogP contribution in [0.1, 0.15) is 95.8 Å². The van der Waals surface area contributed by atoms with E-state index < -0.39 is 0 Å². The molecule has 0 radical (unpaired) electrons. The summed E-state index contributed by atoms with van der Waals surface area (Å²) in [5.41, 5.74) is 4.61. The highest BCUT2D eigenvalue weighted by Crippen LogP contribution is 2.23. The van der Waals surface area contributed by atoms with E-state index in [-0.39, 0.29) is 0 Å². The first-order valence-electron chi connectivity index (χ1n) is 10.2. The molecule has 1 aromatic carbocycles. The Morgan fingerprint density at radius 1 is 0.696 bits per heavy atom. The number of benzene rings is 1. The van der Waals surface area contributed by atoms with Crippen LogP contribution in [0.25, 0.3) is 0 Å². The maximum atomic E-state index is 2.51. The minimum Gasteiger partial charge on any atom is -0.0654 e. The molecule has 0 aliphatic heterocycles. The lowest BCUT2D eigenvalue weighted by Gasteiger charge is -2.18. The van der Waals surface area contributed by atoms with Gasteiger partial charge in [-0.1, -0.05) is 103 Å². The summed E-state index contributed by atoms with van der Waals surface area (Å²) < 4.78 is 0. The SMILES string of the molecule is CCCCC(CC)Cc1cc(C)cc(CC(CC)CCCC)c1. The molecule has 2 unspecified atom stereocenters. The minimum absolute atomic E-state index is 0.867. The summed E-state index contributed by atoms with van der Waals surface area (Å²) in [5.74, 6) is 1.73. The first-order valence-corrected chi connectivity index (χ1v) is 10.2. The monoisotopic (exact) mass is 316 g/mol. The molecule has 0 bridgehead atoms. The molecular weight excluding hydrogens is 276 g/mol. The van der Waals surface area contributed by atoms with Crippen LogP contribution in [0.5, 0.6) is 0 Å². The van der Waals surface area contributed by atoms with Gasteiger partial charge in [0.15, 0.2) is 0 Å². The van der Waals surface area contributed by atoms with Gasteiger partial charge >= 0.3 is 0 Å². The molecule has 0 aromatic heterocycles. The summed E-state index contributed by atoms with van der Waals surface area (Å²) in [4.78, 5) is 0. The van der Waals surface area contributed by atoms with E-state index >= 15 is 0 Å². The number of unbranched alkanes of at least 4 members (excludes halogenated alkanes) is 2. The second-order valence-corrected chi connectivity index (χ2v) is 7.57. The van der Waals surface area contributed by atoms with Crippen molar-refractivity contribution in [3.8, 4) is 0 Å². The molecule has 0 aliphatic rings. The molecule has 0 spiro atoms. The van der Waals surface area contributed by atoms with Crippen LogP contribution in [0.4, 0.5) is 0 Å². The molecule has 0 amide bonds. The molecule has 1 rings (SSSR count). The van der Waals surface area contributed by atoms with Crippen molar-refractivity contribution in [2.45, 2.75) is 98.8 Å². The van der Waals surface area contributed by atoms with Crippen LogP contribution >= 0.6 is 0 Å². The van der Waals surface area contributed by atoms with E-state index in [1.807, 2.05) is 0 Å². The zero-order valence-electron chi connectivity index (χ0n) is 16.5. The van der Waals surface area contributed by atoms with Gasteiger partial charge in [-0.15, -0.1) is 0 Å². The van der Waals surface area contributed by atoms with Crippen LogP contribution in [0.2, 0.25) is 0 Å². The fraction of sp³-hybridized carbons (Fsp3) is 0.739. The highest BCUT2D eigenvalue weighted by Gasteiger charge is 2.11. The van der Waals surface area contributed by atoms with Gasteiger partial charge in [0, 0.05) is 0 Å². The third-order valence-corrected chi connectivity index (χ3v) is 5.33. The second kappa shape index (κ2) is 11.7. The first-order chi connectivity index (χ1) is 11.1. The van der Waals surface area contributed by atoms with Gasteiger partial charge in [0.25, 0.3) is 0 Å². The summed E-state index contributed by atoms with van der Waals surface area (Å²) in [6.45, 7) is 11.6. The van der Waals surface area contributed by atoms with Crippen molar-refractivity contribution >= 4 is 0 Å². The van der Waals surface area contributed by atoms with Crippen molar-refractivity contribution in [1.82, 2.24) is 0 Å². The Hall–Kier alpha value is -0.780. The number of hydrogen-bond acceptors (Lipinski definition) is 0. The van der Waals surface area contributed by atoms with Gasteiger partial charge in [-0.3, -0.25) is 0 Å². The van der Waals surface area contributed by atoms with Crippen LogP contribution < -0.4 is 0 Å². The predicted octanol–water partition coefficient (Wildman–Crippen LogP) is 7.51. The van der Waals surface area contributed by atoms with Gasteiger partial charge in [-0.2, -0.15) is 0 Å². The Morgan fingerprint density at radius 3 is 1.48 bits per heavy atom. The molecule has 0 heterocycles. The third-order valence-electron chi connectivity index (χ3n) is 5.33. The maximum absolute atomic E-state index is 2.51. The quantitative estimate of drug-likeness (QED) is 0.374. The Labute approximate surface area is 146 Å². The second-order valence-electron chi connectivity index (χ2n) is 7.57. The Morgan fingerprint density at radius 2 is 1.13 bits per heavy atom. The van der Waals surface area contributed by atoms with E-state index in [0.29, 0.717) is 0 Å². The van der Waals surface area contributed by atoms with Gasteiger partial charge in [0.05, 0.1) is 0 Å². The van der Waals surface area contributed by atoms with Crippen molar-refractivity contribution < 1.29 is 0 Å². The zero-order chi connectivity index (χ0) is 17.1. The minimum atomic E-state index is 0.867. The first kappa shape index (κ1) is 20.3. The van der Waals surface area contributed by atoms with Gasteiger partial charge in [0.2, 0.25) is 0 Å². The fourth-order valence-electron chi connectivity index (χ4n) is 3.74. The molecule has 2 atom stereocenters. The number of rotatable bonds is 12. The molecule has 0 saturated heterocycles. The Balaban J connectivity index is 2.73. The molecular formula is C23H40. The van der Waals surface area contributed by atoms with Crippen LogP contribution in [0.3, 0.4) is 0 Å². The van der Waals surface area contributed by atoms with Crippen LogP contribution in [0.15, 0.2) is 18.2 Å². The van der Waals surface area contributed by atoms with Crippen LogP contribution in [0, 0.1) is 18.8 Å². The van der Waals surface area contributed by atoms with Gasteiger partial charge < -0.3 is 0 Å². The van der Waals surface area contributed by atoms with Crippen molar-refractivity contribution in [3.63, 3.8) is 0 Å². The highest BCUT2D eigenvalue weighted by atomic mass is 14.2. The molecule has 0 saturated carbocycles. The van der Waals surface area contributed by atoms with Crippen molar-refractivity contribution in [2.24, 2.45) is 11.8 Å². The average molecular weight is 317 g/mol. The van der Waals surface area contributed by atoms with Gasteiger partial charge in [0.1, 0.15) is 0 Å². The van der Waals surface area contributed by atoms with Crippen LogP contribution in [-0.2, 0) is 12.8 Å². The zero-order valence-corrected chi connectivity index (χ0v) is 16.5. The maximum Gasteiger partial charge on any atom is -0.0250 e. The van der Waals surface area contributed by atoms with E-state index in [2.05, 4.69) is 52.8 Å². The Kier molecular flexibility index (Phi) is 10.3. The summed E-state index contributed by atoms with van der Waals surface area (Å²) >= 11 is 0. The molecule has 0 heteroatoms. The van der Waals surface area contributed by atoms with Gasteiger partial charge in [-0.05, 0) is 42.7 Å². The molecule has 23 heavy (non-hydrogen) atoms. The normalized spacial score (nSPS) is 14.0. The summed E-state index contributed by atoms with van der Waals surface area (Å²) in [5, 5.41) is 0. The van der Waals surface area contributed by atoms with Crippen molar-refractivity contribution in [1.29, 1.82) is 0 Å². The molecule has 0 nitrogen and oxygen atoms in total. The predicted molar refractivity (Wildman–Crippen MR) is 105 cm³/mol. The average Bonchev–Trinajstić information content (AvgIpc) is 2.54. The lowest BCUT2D eigenvalue weighted by molar-refractivity contribution is 0.444. The summed E-state index contributed by atoms with van der Waals surface area (Å²) in [7, 11) is 0. The standard InChI is InChI=1S/C23H40/c1-6-10-12-20(8-3)16-22-14-19(5)15-23(18-22)17-21(9-4)13-11-7-2/h14-15,18,20-21H,6-13,16-17H2,1-5H3. The highest BCUT2D eigenvalue weighted by molar-refractivity contribution is 5.30. The van der Waals surface area contributed by atoms with E-state index in [4.69, 9.17) is 0 Å².